The van der Waals surface area contributed by atoms with Crippen molar-refractivity contribution in [3.8, 4) is 11.5 Å². The van der Waals surface area contributed by atoms with Crippen LogP contribution < -0.4 is 4.74 Å². The first kappa shape index (κ1) is 28.0. The second-order valence-electron chi connectivity index (χ2n) is 8.66. The third kappa shape index (κ3) is 9.19. The SMILES string of the molecule is C[Si](C)(C)CCCCOC(=O)CSc1cc(Oc2ccc(C(F)(F)F)cc2Cl)ccc1[N+](=O)[O-]. The van der Waals surface area contributed by atoms with Crippen LogP contribution >= 0.6 is 23.4 Å². The second kappa shape index (κ2) is 11.9. The Morgan fingerprint density at radius 2 is 1.85 bits per heavy atom. The Kier molecular flexibility index (Phi) is 9.83. The predicted octanol–water partition coefficient (Wildman–Crippen LogP) is 7.81. The Morgan fingerprint density at radius 1 is 1.15 bits per heavy atom. The summed E-state index contributed by atoms with van der Waals surface area (Å²) in [6.45, 7) is 7.10. The van der Waals surface area contributed by atoms with Crippen LogP contribution in [-0.2, 0) is 15.7 Å². The summed E-state index contributed by atoms with van der Waals surface area (Å²) in [7, 11) is -1.14. The zero-order valence-electron chi connectivity index (χ0n) is 18.9. The summed E-state index contributed by atoms with van der Waals surface area (Å²) in [4.78, 5) is 23.0. The minimum Gasteiger partial charge on any atom is -0.465 e. The van der Waals surface area contributed by atoms with Gasteiger partial charge in [0.05, 0.1) is 32.8 Å². The summed E-state index contributed by atoms with van der Waals surface area (Å²) in [5, 5.41) is 11.1. The van der Waals surface area contributed by atoms with Gasteiger partial charge in [0.2, 0.25) is 0 Å². The summed E-state index contributed by atoms with van der Waals surface area (Å²) in [5.41, 5.74) is -1.16. The van der Waals surface area contributed by atoms with Crippen molar-refractivity contribution in [3.05, 3.63) is 57.1 Å². The molecule has 12 heteroatoms. The van der Waals surface area contributed by atoms with Crippen molar-refractivity contribution in [1.82, 2.24) is 0 Å². The molecule has 0 bridgehead atoms. The Hall–Kier alpha value is -2.24. The van der Waals surface area contributed by atoms with E-state index in [1.54, 1.807) is 0 Å². The minimum absolute atomic E-state index is 0.0443. The molecular formula is C22H25ClF3NO5SSi. The molecule has 2 aromatic carbocycles. The largest absolute Gasteiger partial charge is 0.465 e. The van der Waals surface area contributed by atoms with E-state index in [9.17, 15) is 28.1 Å². The molecule has 0 spiro atoms. The van der Waals surface area contributed by atoms with Gasteiger partial charge < -0.3 is 9.47 Å². The molecule has 0 amide bonds. The van der Waals surface area contributed by atoms with Crippen molar-refractivity contribution >= 4 is 43.1 Å². The van der Waals surface area contributed by atoms with Crippen LogP contribution in [0.25, 0.3) is 0 Å². The van der Waals surface area contributed by atoms with Crippen molar-refractivity contribution in [3.63, 3.8) is 0 Å². The molecule has 0 aliphatic carbocycles. The first-order valence-electron chi connectivity index (χ1n) is 10.4. The molecular weight excluding hydrogens is 511 g/mol. The van der Waals surface area contributed by atoms with E-state index in [2.05, 4.69) is 19.6 Å². The number of nitro benzene ring substituents is 1. The number of alkyl halides is 3. The summed E-state index contributed by atoms with van der Waals surface area (Å²) in [6, 6.07) is 7.59. The van der Waals surface area contributed by atoms with Gasteiger partial charge in [-0.15, -0.1) is 11.8 Å². The molecule has 0 saturated heterocycles. The van der Waals surface area contributed by atoms with Crippen molar-refractivity contribution in [2.45, 2.75) is 49.6 Å². The van der Waals surface area contributed by atoms with E-state index < -0.39 is 30.7 Å². The molecule has 6 nitrogen and oxygen atoms in total. The van der Waals surface area contributed by atoms with Gasteiger partial charge in [0, 0.05) is 20.2 Å². The number of nitro groups is 1. The van der Waals surface area contributed by atoms with Crippen LogP contribution in [0.4, 0.5) is 18.9 Å². The van der Waals surface area contributed by atoms with Crippen molar-refractivity contribution in [1.29, 1.82) is 0 Å². The Bertz CT molecular complexity index is 1030. The number of unbranched alkanes of at least 4 members (excludes halogenated alkanes) is 1. The molecule has 0 N–H and O–H groups in total. The second-order valence-corrected chi connectivity index (χ2v) is 15.7. The molecule has 186 valence electrons. The topological polar surface area (TPSA) is 78.7 Å². The number of nitrogens with zero attached hydrogens (tertiary/aromatic N) is 1. The van der Waals surface area contributed by atoms with E-state index in [0.717, 1.165) is 48.8 Å². The number of rotatable bonds is 11. The molecule has 0 fully saturated rings. The number of thioether (sulfide) groups is 1. The zero-order valence-corrected chi connectivity index (χ0v) is 21.5. The van der Waals surface area contributed by atoms with Crippen LogP contribution in [0.3, 0.4) is 0 Å². The van der Waals surface area contributed by atoms with Gasteiger partial charge in [-0.2, -0.15) is 13.2 Å². The van der Waals surface area contributed by atoms with Crippen LogP contribution in [0, 0.1) is 10.1 Å². The number of hydrogen-bond acceptors (Lipinski definition) is 6. The van der Waals surface area contributed by atoms with E-state index in [1.807, 2.05) is 0 Å². The number of carbonyl (C=O) groups is 1. The van der Waals surface area contributed by atoms with Gasteiger partial charge >= 0.3 is 12.1 Å². The van der Waals surface area contributed by atoms with E-state index in [1.165, 1.54) is 18.2 Å². The van der Waals surface area contributed by atoms with Crippen LogP contribution in [0.1, 0.15) is 18.4 Å². The fraction of sp³-hybridized carbons (Fsp3) is 0.409. The van der Waals surface area contributed by atoms with Gasteiger partial charge in [0.15, 0.2) is 0 Å². The van der Waals surface area contributed by atoms with Crippen molar-refractivity contribution in [2.75, 3.05) is 12.4 Å². The normalized spacial score (nSPS) is 11.9. The van der Waals surface area contributed by atoms with Gasteiger partial charge in [0.1, 0.15) is 11.5 Å². The highest BCUT2D eigenvalue weighted by Crippen LogP contribution is 2.38. The molecule has 0 aliphatic heterocycles. The molecule has 0 aromatic heterocycles. The predicted molar refractivity (Wildman–Crippen MR) is 129 cm³/mol. The molecule has 0 aliphatic rings. The van der Waals surface area contributed by atoms with Gasteiger partial charge in [-0.1, -0.05) is 43.7 Å². The standard InChI is InChI=1S/C22H25ClF3NO5SSi/c1-34(2,3)11-5-4-10-31-21(28)14-33-20-13-16(7-8-18(20)27(29)30)32-19-9-6-15(12-17(19)23)22(24,25)26/h6-9,12-13H,4-5,10-11,14H2,1-3H3. The number of benzene rings is 2. The van der Waals surface area contributed by atoms with Crippen LogP contribution in [-0.4, -0.2) is 31.3 Å². The summed E-state index contributed by atoms with van der Waals surface area (Å²) in [6.07, 6.45) is -2.81. The van der Waals surface area contributed by atoms with Gasteiger partial charge in [-0.25, -0.2) is 0 Å². The highest BCUT2D eigenvalue weighted by Gasteiger charge is 2.31. The lowest BCUT2D eigenvalue weighted by molar-refractivity contribution is -0.387. The van der Waals surface area contributed by atoms with Crippen molar-refractivity contribution in [2.24, 2.45) is 0 Å². The fourth-order valence-electron chi connectivity index (χ4n) is 2.83. The Labute approximate surface area is 205 Å². The van der Waals surface area contributed by atoms with Crippen LogP contribution in [0.15, 0.2) is 41.3 Å². The smallest absolute Gasteiger partial charge is 0.416 e. The minimum atomic E-state index is -4.55. The lowest BCUT2D eigenvalue weighted by Crippen LogP contribution is -2.19. The maximum atomic E-state index is 12.8. The molecule has 2 aromatic rings. The van der Waals surface area contributed by atoms with E-state index in [0.29, 0.717) is 6.61 Å². The number of ether oxygens (including phenoxy) is 2. The number of esters is 1. The van der Waals surface area contributed by atoms with Gasteiger partial charge in [-0.3, -0.25) is 14.9 Å². The number of hydrogen-bond donors (Lipinski definition) is 0. The maximum Gasteiger partial charge on any atom is 0.416 e. The van der Waals surface area contributed by atoms with E-state index in [4.69, 9.17) is 21.1 Å². The van der Waals surface area contributed by atoms with Crippen LogP contribution in [0.2, 0.25) is 30.7 Å². The molecule has 34 heavy (non-hydrogen) atoms. The average molecular weight is 536 g/mol. The molecule has 0 atom stereocenters. The first-order chi connectivity index (χ1) is 15.8. The van der Waals surface area contributed by atoms with E-state index in [-0.39, 0.29) is 32.9 Å². The van der Waals surface area contributed by atoms with Gasteiger partial charge in [0.25, 0.3) is 5.69 Å². The summed E-state index contributed by atoms with van der Waals surface area (Å²) in [5.74, 6) is -0.560. The molecule has 0 heterocycles. The first-order valence-corrected chi connectivity index (χ1v) is 15.4. The number of carbonyl (C=O) groups excluding carboxylic acids is 1. The third-order valence-electron chi connectivity index (χ3n) is 4.54. The molecule has 0 saturated carbocycles. The fourth-order valence-corrected chi connectivity index (χ4v) is 5.21. The highest BCUT2D eigenvalue weighted by molar-refractivity contribution is 8.00. The monoisotopic (exact) mass is 535 g/mol. The van der Waals surface area contributed by atoms with Crippen molar-refractivity contribution < 1.29 is 32.4 Å². The summed E-state index contributed by atoms with van der Waals surface area (Å²) >= 11 is 6.82. The van der Waals surface area contributed by atoms with Crippen LogP contribution in [0.5, 0.6) is 11.5 Å². The van der Waals surface area contributed by atoms with Gasteiger partial charge in [-0.05, 0) is 30.7 Å². The molecule has 0 radical (unpaired) electrons. The maximum absolute atomic E-state index is 12.8. The highest BCUT2D eigenvalue weighted by atomic mass is 35.5. The molecule has 0 unspecified atom stereocenters. The van der Waals surface area contributed by atoms with E-state index >= 15 is 0 Å². The lowest BCUT2D eigenvalue weighted by atomic mass is 10.2. The average Bonchev–Trinajstić information content (AvgIpc) is 2.71. The lowest BCUT2D eigenvalue weighted by Gasteiger charge is -2.15. The zero-order chi connectivity index (χ0) is 25.5. The third-order valence-corrected chi connectivity index (χ3v) is 7.71. The Balaban J connectivity index is 2.02. The Morgan fingerprint density at radius 3 is 2.44 bits per heavy atom. The summed E-state index contributed by atoms with van der Waals surface area (Å²) < 4.78 is 49.2. The number of halogens is 4. The quantitative estimate of drug-likeness (QED) is 0.0728. The molecule has 2 rings (SSSR count).